The number of hydrogen-bond acceptors (Lipinski definition) is 4. The highest BCUT2D eigenvalue weighted by molar-refractivity contribution is 6.13. The van der Waals surface area contributed by atoms with Crippen LogP contribution in [0.15, 0.2) is 217 Å². The van der Waals surface area contributed by atoms with Crippen LogP contribution >= 0.6 is 0 Å². The van der Waals surface area contributed by atoms with Crippen LogP contribution < -0.4 is 4.90 Å². The van der Waals surface area contributed by atoms with Crippen molar-refractivity contribution in [1.82, 2.24) is 9.97 Å². The van der Waals surface area contributed by atoms with Crippen molar-refractivity contribution in [3.63, 3.8) is 0 Å². The third-order valence-electron chi connectivity index (χ3n) is 10.3. The Morgan fingerprint density at radius 1 is 0.339 bits per heavy atom. The highest BCUT2D eigenvalue weighted by atomic mass is 16.3. The maximum absolute atomic E-state index is 6.49. The fourth-order valence-electron chi connectivity index (χ4n) is 7.54. The second kappa shape index (κ2) is 14.3. The van der Waals surface area contributed by atoms with E-state index in [9.17, 15) is 0 Å². The van der Waals surface area contributed by atoms with Crippen molar-refractivity contribution in [1.29, 1.82) is 0 Å². The van der Waals surface area contributed by atoms with Crippen LogP contribution in [-0.4, -0.2) is 9.97 Å². The van der Waals surface area contributed by atoms with Crippen LogP contribution in [0.1, 0.15) is 0 Å². The fraction of sp³-hybridized carbons (Fsp3) is 0. The van der Waals surface area contributed by atoms with Gasteiger partial charge in [0.1, 0.15) is 11.2 Å². The number of para-hydroxylation sites is 1. The molecule has 10 rings (SSSR count). The molecule has 0 unspecified atom stereocenters. The Kier molecular flexibility index (Phi) is 8.47. The standard InChI is InChI=1S/C52H35N3O/c1-5-14-36(15-6-1)37-28-30-43(31-29-37)55(42-20-11-4-12-21-42)44-32-33-49-46(34-44)51-45(22-13-23-50(51)56-49)38-24-26-40(27-25-38)48-35-47(39-16-7-2-8-17-39)53-52(54-48)41-18-9-3-10-19-41/h1-35H. The van der Waals surface area contributed by atoms with Crippen LogP contribution in [-0.2, 0) is 0 Å². The van der Waals surface area contributed by atoms with Gasteiger partial charge in [0, 0.05) is 44.5 Å². The Morgan fingerprint density at radius 2 is 0.839 bits per heavy atom. The Labute approximate surface area is 325 Å². The summed E-state index contributed by atoms with van der Waals surface area (Å²) in [6.07, 6.45) is 0. The second-order valence-corrected chi connectivity index (χ2v) is 13.8. The van der Waals surface area contributed by atoms with Crippen LogP contribution in [0.25, 0.3) is 78.1 Å². The van der Waals surface area contributed by atoms with Crippen molar-refractivity contribution in [2.24, 2.45) is 0 Å². The first kappa shape index (κ1) is 33.0. The van der Waals surface area contributed by atoms with Crippen LogP contribution in [0.2, 0.25) is 0 Å². The molecule has 0 spiro atoms. The third-order valence-corrected chi connectivity index (χ3v) is 10.3. The fourth-order valence-corrected chi connectivity index (χ4v) is 7.54. The molecule has 2 aromatic heterocycles. The van der Waals surface area contributed by atoms with E-state index >= 15 is 0 Å². The zero-order valence-corrected chi connectivity index (χ0v) is 30.5. The molecule has 0 N–H and O–H groups in total. The van der Waals surface area contributed by atoms with E-state index in [1.165, 1.54) is 11.1 Å². The van der Waals surface area contributed by atoms with Crippen LogP contribution in [0.5, 0.6) is 0 Å². The summed E-state index contributed by atoms with van der Waals surface area (Å²) in [6.45, 7) is 0. The summed E-state index contributed by atoms with van der Waals surface area (Å²) in [4.78, 5) is 12.3. The van der Waals surface area contributed by atoms with Crippen molar-refractivity contribution in [3.8, 4) is 56.2 Å². The molecule has 2 heterocycles. The maximum Gasteiger partial charge on any atom is 0.160 e. The summed E-state index contributed by atoms with van der Waals surface area (Å²) in [5.74, 6) is 0.702. The molecule has 0 aliphatic heterocycles. The van der Waals surface area contributed by atoms with Gasteiger partial charge in [-0.1, -0.05) is 158 Å². The van der Waals surface area contributed by atoms with Gasteiger partial charge in [-0.25, -0.2) is 9.97 Å². The van der Waals surface area contributed by atoms with E-state index in [1.54, 1.807) is 0 Å². The van der Waals surface area contributed by atoms with E-state index < -0.39 is 0 Å². The van der Waals surface area contributed by atoms with Crippen LogP contribution in [0.3, 0.4) is 0 Å². The largest absolute Gasteiger partial charge is 0.456 e. The molecule has 0 amide bonds. The quantitative estimate of drug-likeness (QED) is 0.157. The first-order valence-electron chi connectivity index (χ1n) is 18.8. The molecule has 56 heavy (non-hydrogen) atoms. The van der Waals surface area contributed by atoms with E-state index in [0.29, 0.717) is 5.82 Å². The number of hydrogen-bond donors (Lipinski definition) is 0. The summed E-state index contributed by atoms with van der Waals surface area (Å²) in [5.41, 5.74) is 14.3. The number of rotatable bonds is 8. The number of furan rings is 1. The van der Waals surface area contributed by atoms with Gasteiger partial charge in [0.25, 0.3) is 0 Å². The average molecular weight is 718 g/mol. The average Bonchev–Trinajstić information content (AvgIpc) is 3.66. The van der Waals surface area contributed by atoms with E-state index in [1.807, 2.05) is 42.5 Å². The Morgan fingerprint density at radius 3 is 1.50 bits per heavy atom. The Hall–Kier alpha value is -7.56. The van der Waals surface area contributed by atoms with Crippen molar-refractivity contribution in [3.05, 3.63) is 212 Å². The molecule has 0 fully saturated rings. The summed E-state index contributed by atoms with van der Waals surface area (Å²) in [6, 6.07) is 73.8. The van der Waals surface area contributed by atoms with Gasteiger partial charge in [-0.05, 0) is 76.9 Å². The van der Waals surface area contributed by atoms with Gasteiger partial charge in [-0.2, -0.15) is 0 Å². The molecular weight excluding hydrogens is 683 g/mol. The van der Waals surface area contributed by atoms with Gasteiger partial charge < -0.3 is 9.32 Å². The summed E-state index contributed by atoms with van der Waals surface area (Å²) in [5, 5.41) is 2.15. The lowest BCUT2D eigenvalue weighted by Gasteiger charge is -2.25. The van der Waals surface area contributed by atoms with Crippen molar-refractivity contribution in [2.75, 3.05) is 4.90 Å². The van der Waals surface area contributed by atoms with E-state index in [4.69, 9.17) is 14.4 Å². The topological polar surface area (TPSA) is 42.2 Å². The van der Waals surface area contributed by atoms with E-state index in [2.05, 4.69) is 175 Å². The SMILES string of the molecule is c1ccc(-c2ccc(N(c3ccccc3)c3ccc4oc5cccc(-c6ccc(-c7cc(-c8ccccc8)nc(-c8ccccc8)n7)cc6)c5c4c3)cc2)cc1. The molecule has 4 heteroatoms. The molecule has 0 aliphatic rings. The number of aromatic nitrogens is 2. The molecule has 0 aliphatic carbocycles. The van der Waals surface area contributed by atoms with E-state index in [0.717, 1.165) is 78.2 Å². The minimum absolute atomic E-state index is 0.702. The molecule has 264 valence electrons. The summed E-state index contributed by atoms with van der Waals surface area (Å²) >= 11 is 0. The van der Waals surface area contributed by atoms with Crippen LogP contribution in [0.4, 0.5) is 17.1 Å². The molecule has 0 bridgehead atoms. The molecule has 4 nitrogen and oxygen atoms in total. The van der Waals surface area contributed by atoms with Gasteiger partial charge in [0.15, 0.2) is 5.82 Å². The monoisotopic (exact) mass is 717 g/mol. The van der Waals surface area contributed by atoms with Gasteiger partial charge in [-0.3, -0.25) is 0 Å². The molecule has 0 radical (unpaired) electrons. The Balaban J connectivity index is 1.05. The number of benzene rings is 8. The number of anilines is 3. The van der Waals surface area contributed by atoms with Gasteiger partial charge >= 0.3 is 0 Å². The molecule has 0 atom stereocenters. The van der Waals surface area contributed by atoms with Crippen molar-refractivity contribution in [2.45, 2.75) is 0 Å². The Bertz CT molecular complexity index is 2870. The number of nitrogens with zero attached hydrogens (tertiary/aromatic N) is 3. The maximum atomic E-state index is 6.49. The zero-order chi connectivity index (χ0) is 37.3. The second-order valence-electron chi connectivity index (χ2n) is 13.8. The lowest BCUT2D eigenvalue weighted by molar-refractivity contribution is 0.669. The molecule has 0 saturated heterocycles. The van der Waals surface area contributed by atoms with Crippen molar-refractivity contribution >= 4 is 39.0 Å². The smallest absolute Gasteiger partial charge is 0.160 e. The predicted octanol–water partition coefficient (Wildman–Crippen LogP) is 14.2. The van der Waals surface area contributed by atoms with Gasteiger partial charge in [0.05, 0.1) is 11.4 Å². The third kappa shape index (κ3) is 6.29. The normalized spacial score (nSPS) is 11.2. The lowest BCUT2D eigenvalue weighted by Crippen LogP contribution is -2.09. The van der Waals surface area contributed by atoms with Crippen LogP contribution in [0, 0.1) is 0 Å². The highest BCUT2D eigenvalue weighted by Crippen LogP contribution is 2.42. The molecule has 10 aromatic rings. The van der Waals surface area contributed by atoms with E-state index in [-0.39, 0.29) is 0 Å². The van der Waals surface area contributed by atoms with Gasteiger partial charge in [-0.15, -0.1) is 0 Å². The lowest BCUT2D eigenvalue weighted by atomic mass is 9.97. The zero-order valence-electron chi connectivity index (χ0n) is 30.5. The van der Waals surface area contributed by atoms with Crippen molar-refractivity contribution < 1.29 is 4.42 Å². The molecule has 0 saturated carbocycles. The predicted molar refractivity (Wildman–Crippen MR) is 231 cm³/mol. The first-order chi connectivity index (χ1) is 27.7. The van der Waals surface area contributed by atoms with Gasteiger partial charge in [0.2, 0.25) is 0 Å². The first-order valence-corrected chi connectivity index (χ1v) is 18.8. The summed E-state index contributed by atoms with van der Waals surface area (Å²) < 4.78 is 6.49. The minimum Gasteiger partial charge on any atom is -0.456 e. The minimum atomic E-state index is 0.702. The number of fused-ring (bicyclic) bond motifs is 3. The molecule has 8 aromatic carbocycles. The summed E-state index contributed by atoms with van der Waals surface area (Å²) in [7, 11) is 0. The molecular formula is C52H35N3O. The highest BCUT2D eigenvalue weighted by Gasteiger charge is 2.18.